The summed E-state index contributed by atoms with van der Waals surface area (Å²) in [4.78, 5) is 10.7. The van der Waals surface area contributed by atoms with Crippen LogP contribution in [0.3, 0.4) is 0 Å². The Morgan fingerprint density at radius 2 is 1.18 bits per heavy atom. The molecule has 0 saturated carbocycles. The Hall–Kier alpha value is -7.08. The van der Waals surface area contributed by atoms with Crippen molar-refractivity contribution in [3.05, 3.63) is 176 Å². The van der Waals surface area contributed by atoms with Crippen molar-refractivity contribution in [1.82, 2.24) is 14.5 Å². The molecule has 5 heteroatoms. The molecule has 55 heavy (non-hydrogen) atoms. The molecule has 4 aromatic heterocycles. The summed E-state index contributed by atoms with van der Waals surface area (Å²) in [7, 11) is 0. The number of fused-ring (bicyclic) bond motifs is 10. The summed E-state index contributed by atoms with van der Waals surface area (Å²) >= 11 is 1.75. The molecule has 256 valence electrons. The largest absolute Gasteiger partial charge is 0.455 e. The summed E-state index contributed by atoms with van der Waals surface area (Å²) < 4.78 is 11.5. The molecule has 8 aromatic carbocycles. The van der Waals surface area contributed by atoms with E-state index >= 15 is 0 Å². The molecule has 0 atom stereocenters. The average molecular weight is 720 g/mol. The van der Waals surface area contributed by atoms with E-state index in [0.29, 0.717) is 5.82 Å². The quantitative estimate of drug-likeness (QED) is 0.182. The van der Waals surface area contributed by atoms with Gasteiger partial charge >= 0.3 is 0 Å². The third-order valence-electron chi connectivity index (χ3n) is 11.0. The van der Waals surface area contributed by atoms with E-state index in [9.17, 15) is 0 Å². The second-order valence-electron chi connectivity index (χ2n) is 14.1. The number of thiophene rings is 1. The third-order valence-corrected chi connectivity index (χ3v) is 12.2. The fourth-order valence-electron chi connectivity index (χ4n) is 8.46. The van der Waals surface area contributed by atoms with Crippen LogP contribution in [-0.4, -0.2) is 14.5 Å². The van der Waals surface area contributed by atoms with Crippen molar-refractivity contribution < 1.29 is 4.42 Å². The summed E-state index contributed by atoms with van der Waals surface area (Å²) in [6.07, 6.45) is 0. The highest BCUT2D eigenvalue weighted by atomic mass is 32.1. The highest BCUT2D eigenvalue weighted by Gasteiger charge is 2.22. The maximum absolute atomic E-state index is 6.87. The number of nitrogens with zero attached hydrogens (tertiary/aromatic N) is 3. The fraction of sp³-hybridized carbons (Fsp3) is 0. The molecule has 0 spiro atoms. The van der Waals surface area contributed by atoms with E-state index in [1.54, 1.807) is 11.3 Å². The van der Waals surface area contributed by atoms with Crippen molar-refractivity contribution in [3.8, 4) is 39.5 Å². The Morgan fingerprint density at radius 1 is 0.491 bits per heavy atom. The lowest BCUT2D eigenvalue weighted by Crippen LogP contribution is -1.95. The number of hydrogen-bond donors (Lipinski definition) is 0. The Bertz CT molecular complexity index is 3480. The minimum absolute atomic E-state index is 0.646. The van der Waals surface area contributed by atoms with Crippen molar-refractivity contribution in [2.45, 2.75) is 0 Å². The topological polar surface area (TPSA) is 43.9 Å². The molecule has 4 heterocycles. The molecular formula is C50H29N3OS. The Morgan fingerprint density at radius 3 is 2.05 bits per heavy atom. The molecule has 0 aliphatic carbocycles. The molecule has 0 radical (unpaired) electrons. The maximum atomic E-state index is 6.87. The van der Waals surface area contributed by atoms with Gasteiger partial charge in [-0.25, -0.2) is 9.97 Å². The molecule has 0 amide bonds. The number of para-hydroxylation sites is 2. The van der Waals surface area contributed by atoms with Crippen LogP contribution in [0.2, 0.25) is 0 Å². The van der Waals surface area contributed by atoms with Gasteiger partial charge in [-0.2, -0.15) is 0 Å². The first-order chi connectivity index (χ1) is 27.3. The Kier molecular flexibility index (Phi) is 6.47. The molecule has 0 aliphatic rings. The van der Waals surface area contributed by atoms with Crippen molar-refractivity contribution in [1.29, 1.82) is 0 Å². The summed E-state index contributed by atoms with van der Waals surface area (Å²) in [5.74, 6) is 0.646. The van der Waals surface area contributed by atoms with Gasteiger partial charge in [0.1, 0.15) is 11.2 Å². The second kappa shape index (κ2) is 11.7. The standard InChI is InChI=1S/C50H29N3OS/c1-2-12-30(13-3-1)31-24-26-32(27-25-31)46-49-47(36-17-7-9-23-44(36)55-49)52-50(51-46)38-19-10-18-37-45-41(21-11-22-43(45)54-48(37)38)53-40-20-8-6-16-35(40)39-28-33-14-4-5-15-34(33)29-42(39)53/h1-29H. The second-order valence-corrected chi connectivity index (χ2v) is 15.2. The molecule has 0 N–H and O–H groups in total. The summed E-state index contributed by atoms with van der Waals surface area (Å²) in [6, 6.07) is 62.4. The smallest absolute Gasteiger partial charge is 0.164 e. The van der Waals surface area contributed by atoms with Crippen LogP contribution in [-0.2, 0) is 0 Å². The first-order valence-corrected chi connectivity index (χ1v) is 19.3. The van der Waals surface area contributed by atoms with E-state index in [0.717, 1.165) is 65.6 Å². The average Bonchev–Trinajstić information content (AvgIpc) is 3.92. The number of benzene rings is 8. The van der Waals surface area contributed by atoms with Gasteiger partial charge in [0.05, 0.1) is 43.6 Å². The molecule has 12 aromatic rings. The minimum Gasteiger partial charge on any atom is -0.455 e. The Balaban J connectivity index is 1.10. The SMILES string of the molecule is c1ccc(-c2ccc(-c3nc(-c4cccc5c4oc4cccc(-n6c7ccccc7c7cc8ccccc8cc76)c45)nc4c3sc3ccccc34)cc2)cc1. The minimum atomic E-state index is 0.646. The van der Waals surface area contributed by atoms with Gasteiger partial charge in [0, 0.05) is 31.8 Å². The van der Waals surface area contributed by atoms with Crippen LogP contribution in [0.1, 0.15) is 0 Å². The van der Waals surface area contributed by atoms with Crippen LogP contribution in [0.25, 0.3) is 114 Å². The van der Waals surface area contributed by atoms with Gasteiger partial charge in [-0.3, -0.25) is 0 Å². The van der Waals surface area contributed by atoms with Crippen molar-refractivity contribution in [2.75, 3.05) is 0 Å². The zero-order chi connectivity index (χ0) is 36.0. The van der Waals surface area contributed by atoms with E-state index in [-0.39, 0.29) is 0 Å². The fourth-order valence-corrected chi connectivity index (χ4v) is 9.62. The number of rotatable bonds is 4. The van der Waals surface area contributed by atoms with E-state index in [1.165, 1.54) is 42.9 Å². The molecule has 0 fully saturated rings. The van der Waals surface area contributed by atoms with Gasteiger partial charge in [0.2, 0.25) is 0 Å². The van der Waals surface area contributed by atoms with Gasteiger partial charge in [0.25, 0.3) is 0 Å². The van der Waals surface area contributed by atoms with Gasteiger partial charge < -0.3 is 8.98 Å². The predicted molar refractivity (Wildman–Crippen MR) is 230 cm³/mol. The van der Waals surface area contributed by atoms with Crippen LogP contribution in [0, 0.1) is 0 Å². The van der Waals surface area contributed by atoms with E-state index in [2.05, 4.69) is 174 Å². The summed E-state index contributed by atoms with van der Waals surface area (Å²) in [5, 5.41) is 8.13. The first kappa shape index (κ1) is 30.4. The van der Waals surface area contributed by atoms with Crippen molar-refractivity contribution >= 4 is 86.2 Å². The highest BCUT2D eigenvalue weighted by molar-refractivity contribution is 7.26. The molecule has 4 nitrogen and oxygen atoms in total. The Labute approximate surface area is 319 Å². The van der Waals surface area contributed by atoms with Gasteiger partial charge in [0.15, 0.2) is 5.82 Å². The number of furan rings is 1. The lowest BCUT2D eigenvalue weighted by Gasteiger charge is -2.10. The van der Waals surface area contributed by atoms with Gasteiger partial charge in [-0.1, -0.05) is 133 Å². The first-order valence-electron chi connectivity index (χ1n) is 18.5. The van der Waals surface area contributed by atoms with Crippen LogP contribution in [0.5, 0.6) is 0 Å². The molecule has 0 bridgehead atoms. The maximum Gasteiger partial charge on any atom is 0.164 e. The normalized spacial score (nSPS) is 12.0. The third kappa shape index (κ3) is 4.57. The van der Waals surface area contributed by atoms with Crippen molar-refractivity contribution in [3.63, 3.8) is 0 Å². The monoisotopic (exact) mass is 719 g/mol. The van der Waals surface area contributed by atoms with Crippen LogP contribution >= 0.6 is 11.3 Å². The molecule has 0 unspecified atom stereocenters. The predicted octanol–water partition coefficient (Wildman–Crippen LogP) is 14.0. The van der Waals surface area contributed by atoms with Gasteiger partial charge in [-0.05, 0) is 64.4 Å². The van der Waals surface area contributed by atoms with E-state index < -0.39 is 0 Å². The van der Waals surface area contributed by atoms with E-state index in [1.807, 2.05) is 6.07 Å². The number of aromatic nitrogens is 3. The van der Waals surface area contributed by atoms with E-state index in [4.69, 9.17) is 14.4 Å². The summed E-state index contributed by atoms with van der Waals surface area (Å²) in [5.41, 5.74) is 11.2. The summed E-state index contributed by atoms with van der Waals surface area (Å²) in [6.45, 7) is 0. The van der Waals surface area contributed by atoms with Crippen LogP contribution < -0.4 is 0 Å². The zero-order valence-electron chi connectivity index (χ0n) is 29.4. The zero-order valence-corrected chi connectivity index (χ0v) is 30.2. The highest BCUT2D eigenvalue weighted by Crippen LogP contribution is 2.44. The molecular weight excluding hydrogens is 691 g/mol. The lowest BCUT2D eigenvalue weighted by molar-refractivity contribution is 0.669. The van der Waals surface area contributed by atoms with Crippen LogP contribution in [0.4, 0.5) is 0 Å². The number of hydrogen-bond acceptors (Lipinski definition) is 4. The lowest BCUT2D eigenvalue weighted by atomic mass is 10.0. The molecule has 0 aliphatic heterocycles. The van der Waals surface area contributed by atoms with Gasteiger partial charge in [-0.15, -0.1) is 11.3 Å². The molecule has 12 rings (SSSR count). The van der Waals surface area contributed by atoms with Crippen LogP contribution in [0.15, 0.2) is 180 Å². The molecule has 0 saturated heterocycles. The van der Waals surface area contributed by atoms with Crippen molar-refractivity contribution in [2.24, 2.45) is 0 Å².